The van der Waals surface area contributed by atoms with E-state index in [4.69, 9.17) is 4.42 Å². The van der Waals surface area contributed by atoms with Crippen molar-refractivity contribution in [2.24, 2.45) is 5.10 Å². The van der Waals surface area contributed by atoms with Crippen LogP contribution in [0.1, 0.15) is 22.1 Å². The number of amides is 1. The predicted molar refractivity (Wildman–Crippen MR) is 101 cm³/mol. The van der Waals surface area contributed by atoms with Gasteiger partial charge in [-0.15, -0.1) is 11.8 Å². The van der Waals surface area contributed by atoms with Crippen LogP contribution in [0.2, 0.25) is 0 Å². The maximum Gasteiger partial charge on any atom is 0.250 e. The Hall–Kier alpha value is -2.79. The fourth-order valence-corrected chi connectivity index (χ4v) is 4.17. The molecule has 25 heavy (non-hydrogen) atoms. The zero-order valence-electron chi connectivity index (χ0n) is 13.4. The molecular weight excluding hydrogens is 332 g/mol. The normalized spacial score (nSPS) is 13.0. The lowest BCUT2D eigenvalue weighted by atomic mass is 10.1. The van der Waals surface area contributed by atoms with E-state index in [0.717, 1.165) is 0 Å². The molecule has 2 aromatic carbocycles. The molecule has 0 saturated carbocycles. The average Bonchev–Trinajstić information content (AvgIpc) is 3.26. The maximum absolute atomic E-state index is 12.1. The van der Waals surface area contributed by atoms with Crippen LogP contribution < -0.4 is 5.43 Å². The van der Waals surface area contributed by atoms with Crippen LogP contribution in [0.15, 0.2) is 76.4 Å². The highest BCUT2D eigenvalue weighted by molar-refractivity contribution is 8.00. The summed E-state index contributed by atoms with van der Waals surface area (Å²) in [7, 11) is 0. The van der Waals surface area contributed by atoms with E-state index in [1.165, 1.54) is 28.5 Å². The molecule has 0 atom stereocenters. The van der Waals surface area contributed by atoms with E-state index in [0.29, 0.717) is 11.5 Å². The smallest absolute Gasteiger partial charge is 0.250 e. The summed E-state index contributed by atoms with van der Waals surface area (Å²) in [5, 5.41) is 4.09. The Morgan fingerprint density at radius 2 is 1.72 bits per heavy atom. The first-order chi connectivity index (χ1) is 12.3. The molecule has 0 radical (unpaired) electrons. The quantitative estimate of drug-likeness (QED) is 0.554. The van der Waals surface area contributed by atoms with Crippen LogP contribution in [0.4, 0.5) is 0 Å². The fourth-order valence-electron chi connectivity index (χ4n) is 3.01. The highest BCUT2D eigenvalue weighted by Crippen LogP contribution is 2.49. The van der Waals surface area contributed by atoms with Crippen molar-refractivity contribution in [2.45, 2.75) is 5.25 Å². The summed E-state index contributed by atoms with van der Waals surface area (Å²) in [4.78, 5) is 12.1. The lowest BCUT2D eigenvalue weighted by Gasteiger charge is -2.12. The second-order valence-electron chi connectivity index (χ2n) is 5.67. The Bertz CT molecular complexity index is 873. The van der Waals surface area contributed by atoms with Gasteiger partial charge in [0.15, 0.2) is 0 Å². The standard InChI is InChI=1S/C20H16N2O2S/c23-19(22-21-12-14-6-5-11-24-14)13-25-20-17-9-3-1-7-15(17)16-8-2-4-10-18(16)20/h1-12,20H,13H2,(H,22,23). The second-order valence-corrected chi connectivity index (χ2v) is 6.77. The van der Waals surface area contributed by atoms with Gasteiger partial charge in [-0.1, -0.05) is 48.5 Å². The molecule has 3 aromatic rings. The molecule has 0 saturated heterocycles. The van der Waals surface area contributed by atoms with Crippen molar-refractivity contribution in [2.75, 3.05) is 5.75 Å². The van der Waals surface area contributed by atoms with Gasteiger partial charge in [0.05, 0.1) is 23.5 Å². The molecule has 4 rings (SSSR count). The van der Waals surface area contributed by atoms with Crippen molar-refractivity contribution in [3.05, 3.63) is 83.8 Å². The summed E-state index contributed by atoms with van der Waals surface area (Å²) in [6.45, 7) is 0. The van der Waals surface area contributed by atoms with Gasteiger partial charge in [0.2, 0.25) is 5.91 Å². The molecule has 0 unspecified atom stereocenters. The number of nitrogens with zero attached hydrogens (tertiary/aromatic N) is 1. The highest BCUT2D eigenvalue weighted by atomic mass is 32.2. The first-order valence-electron chi connectivity index (χ1n) is 7.98. The number of thioether (sulfide) groups is 1. The van der Waals surface area contributed by atoms with Crippen LogP contribution >= 0.6 is 11.8 Å². The summed E-state index contributed by atoms with van der Waals surface area (Å²) in [6, 6.07) is 20.3. The molecule has 1 heterocycles. The number of hydrazone groups is 1. The fraction of sp³-hybridized carbons (Fsp3) is 0.100. The lowest BCUT2D eigenvalue weighted by molar-refractivity contribution is -0.118. The van der Waals surface area contributed by atoms with Crippen molar-refractivity contribution in [1.29, 1.82) is 0 Å². The number of benzene rings is 2. The van der Waals surface area contributed by atoms with Gasteiger partial charge in [0.1, 0.15) is 5.76 Å². The minimum absolute atomic E-state index is 0.130. The molecule has 1 aliphatic rings. The van der Waals surface area contributed by atoms with Gasteiger partial charge in [-0.2, -0.15) is 5.10 Å². The predicted octanol–water partition coefficient (Wildman–Crippen LogP) is 4.23. The third kappa shape index (κ3) is 3.23. The third-order valence-electron chi connectivity index (χ3n) is 4.08. The van der Waals surface area contributed by atoms with Gasteiger partial charge in [-0.05, 0) is 34.4 Å². The number of furan rings is 1. The topological polar surface area (TPSA) is 54.6 Å². The SMILES string of the molecule is O=C(CSC1c2ccccc2-c2ccccc21)NN=Cc1ccco1. The molecule has 1 N–H and O–H groups in total. The Balaban J connectivity index is 1.43. The van der Waals surface area contributed by atoms with Crippen LogP contribution in [0.3, 0.4) is 0 Å². The second kappa shape index (κ2) is 6.99. The van der Waals surface area contributed by atoms with Crippen LogP contribution in [-0.2, 0) is 4.79 Å². The van der Waals surface area contributed by atoms with Gasteiger partial charge in [0, 0.05) is 0 Å². The minimum Gasteiger partial charge on any atom is -0.463 e. The molecule has 0 aliphatic heterocycles. The lowest BCUT2D eigenvalue weighted by Crippen LogP contribution is -2.20. The largest absolute Gasteiger partial charge is 0.463 e. The Labute approximate surface area is 149 Å². The zero-order valence-corrected chi connectivity index (χ0v) is 14.2. The molecule has 0 spiro atoms. The van der Waals surface area contributed by atoms with E-state index >= 15 is 0 Å². The third-order valence-corrected chi connectivity index (χ3v) is 5.35. The van der Waals surface area contributed by atoms with E-state index in [-0.39, 0.29) is 11.2 Å². The van der Waals surface area contributed by atoms with E-state index in [1.807, 2.05) is 12.1 Å². The monoisotopic (exact) mass is 348 g/mol. The number of nitrogens with one attached hydrogen (secondary N) is 1. The first kappa shape index (κ1) is 15.7. The molecule has 4 nitrogen and oxygen atoms in total. The summed E-state index contributed by atoms with van der Waals surface area (Å²) in [5.41, 5.74) is 7.58. The van der Waals surface area contributed by atoms with Gasteiger partial charge in [0.25, 0.3) is 0 Å². The summed E-state index contributed by atoms with van der Waals surface area (Å²) in [6.07, 6.45) is 3.05. The molecular formula is C20H16N2O2S. The minimum atomic E-state index is -0.130. The van der Waals surface area contributed by atoms with Crippen LogP contribution in [0, 0.1) is 0 Å². The Morgan fingerprint density at radius 3 is 2.36 bits per heavy atom. The van der Waals surface area contributed by atoms with Crippen molar-refractivity contribution in [3.8, 4) is 11.1 Å². The molecule has 0 fully saturated rings. The van der Waals surface area contributed by atoms with Crippen LogP contribution in [-0.4, -0.2) is 17.9 Å². The summed E-state index contributed by atoms with van der Waals surface area (Å²) in [5.74, 6) is 0.810. The summed E-state index contributed by atoms with van der Waals surface area (Å²) < 4.78 is 5.13. The van der Waals surface area contributed by atoms with Crippen molar-refractivity contribution in [3.63, 3.8) is 0 Å². The molecule has 1 aromatic heterocycles. The van der Waals surface area contributed by atoms with Crippen molar-refractivity contribution >= 4 is 23.9 Å². The number of carbonyl (C=O) groups is 1. The van der Waals surface area contributed by atoms with Gasteiger partial charge in [-0.25, -0.2) is 5.43 Å². The number of hydrogen-bond acceptors (Lipinski definition) is 4. The van der Waals surface area contributed by atoms with E-state index < -0.39 is 0 Å². The first-order valence-corrected chi connectivity index (χ1v) is 9.03. The Kier molecular flexibility index (Phi) is 4.39. The summed E-state index contributed by atoms with van der Waals surface area (Å²) >= 11 is 1.62. The molecule has 1 aliphatic carbocycles. The van der Waals surface area contributed by atoms with Gasteiger partial charge in [-0.3, -0.25) is 4.79 Å². The molecule has 0 bridgehead atoms. The van der Waals surface area contributed by atoms with Gasteiger partial charge < -0.3 is 4.42 Å². The van der Waals surface area contributed by atoms with Crippen LogP contribution in [0.25, 0.3) is 11.1 Å². The Morgan fingerprint density at radius 1 is 1.04 bits per heavy atom. The van der Waals surface area contributed by atoms with Gasteiger partial charge >= 0.3 is 0 Å². The van der Waals surface area contributed by atoms with E-state index in [2.05, 4.69) is 46.9 Å². The molecule has 5 heteroatoms. The maximum atomic E-state index is 12.1. The number of carbonyl (C=O) groups excluding carboxylic acids is 1. The van der Waals surface area contributed by atoms with E-state index in [1.54, 1.807) is 30.2 Å². The highest BCUT2D eigenvalue weighted by Gasteiger charge is 2.28. The number of fused-ring (bicyclic) bond motifs is 3. The molecule has 1 amide bonds. The average molecular weight is 348 g/mol. The van der Waals surface area contributed by atoms with Crippen molar-refractivity contribution < 1.29 is 9.21 Å². The zero-order chi connectivity index (χ0) is 17.1. The molecule has 124 valence electrons. The number of rotatable bonds is 5. The number of hydrogen-bond donors (Lipinski definition) is 1. The van der Waals surface area contributed by atoms with E-state index in [9.17, 15) is 4.79 Å². The van der Waals surface area contributed by atoms with Crippen molar-refractivity contribution in [1.82, 2.24) is 5.43 Å². The van der Waals surface area contributed by atoms with Crippen LogP contribution in [0.5, 0.6) is 0 Å².